The summed E-state index contributed by atoms with van der Waals surface area (Å²) in [5.74, 6) is 0.315. The highest BCUT2D eigenvalue weighted by molar-refractivity contribution is 7.10. The number of carbonyl (C=O) groups is 1. The topological polar surface area (TPSA) is 61.4 Å². The fourth-order valence-electron chi connectivity index (χ4n) is 1.43. The van der Waals surface area contributed by atoms with Gasteiger partial charge in [0.25, 0.3) is 0 Å². The van der Waals surface area contributed by atoms with Crippen LogP contribution in [0.2, 0.25) is 0 Å². The molecule has 0 aliphatic carbocycles. The van der Waals surface area contributed by atoms with Crippen molar-refractivity contribution in [1.29, 1.82) is 0 Å². The van der Waals surface area contributed by atoms with Gasteiger partial charge in [0.1, 0.15) is 0 Å². The van der Waals surface area contributed by atoms with Crippen molar-refractivity contribution >= 4 is 17.4 Å². The summed E-state index contributed by atoms with van der Waals surface area (Å²) in [5, 5.41) is 16.5. The zero-order valence-corrected chi connectivity index (χ0v) is 11.1. The van der Waals surface area contributed by atoms with Gasteiger partial charge in [0.2, 0.25) is 0 Å². The van der Waals surface area contributed by atoms with Crippen molar-refractivity contribution in [2.75, 3.05) is 13.2 Å². The molecule has 0 spiro atoms. The molecule has 1 aromatic rings. The molecule has 0 aliphatic heterocycles. The van der Waals surface area contributed by atoms with Crippen LogP contribution in [0.3, 0.4) is 0 Å². The number of amides is 2. The Morgan fingerprint density at radius 3 is 2.88 bits per heavy atom. The number of hydrogen-bond donors (Lipinski definition) is 3. The van der Waals surface area contributed by atoms with Gasteiger partial charge in [0.15, 0.2) is 0 Å². The van der Waals surface area contributed by atoms with Gasteiger partial charge in [-0.2, -0.15) is 0 Å². The van der Waals surface area contributed by atoms with Gasteiger partial charge in [-0.1, -0.05) is 19.9 Å². The molecule has 4 nitrogen and oxygen atoms in total. The molecule has 0 unspecified atom stereocenters. The molecule has 0 aromatic carbocycles. The lowest BCUT2D eigenvalue weighted by molar-refractivity contribution is 0.214. The van der Waals surface area contributed by atoms with E-state index >= 15 is 0 Å². The number of thiophene rings is 1. The van der Waals surface area contributed by atoms with E-state index in [2.05, 4.69) is 23.6 Å². The summed E-state index contributed by atoms with van der Waals surface area (Å²) in [6.07, 6.45) is 0.727. The van der Waals surface area contributed by atoms with Crippen molar-refractivity contribution in [3.63, 3.8) is 0 Å². The van der Waals surface area contributed by atoms with Crippen LogP contribution >= 0.6 is 11.3 Å². The third-order valence-corrected chi connectivity index (χ3v) is 3.75. The van der Waals surface area contributed by atoms with E-state index in [-0.39, 0.29) is 18.7 Å². The fraction of sp³-hybridized carbons (Fsp3) is 0.583. The summed E-state index contributed by atoms with van der Waals surface area (Å²) in [6, 6.07) is 3.70. The lowest BCUT2D eigenvalue weighted by Gasteiger charge is -2.16. The molecule has 96 valence electrons. The summed E-state index contributed by atoms with van der Waals surface area (Å²) in [7, 11) is 0. The van der Waals surface area contributed by atoms with Gasteiger partial charge < -0.3 is 15.7 Å². The highest BCUT2D eigenvalue weighted by Crippen LogP contribution is 2.19. The Bertz CT molecular complexity index is 323. The fourth-order valence-corrected chi connectivity index (χ4v) is 2.22. The van der Waals surface area contributed by atoms with Gasteiger partial charge in [0.05, 0.1) is 12.6 Å². The van der Waals surface area contributed by atoms with Crippen molar-refractivity contribution in [1.82, 2.24) is 10.6 Å². The van der Waals surface area contributed by atoms with Crippen molar-refractivity contribution in [2.24, 2.45) is 0 Å². The minimum absolute atomic E-state index is 0.0234. The lowest BCUT2D eigenvalue weighted by atomic mass is 10.1. The van der Waals surface area contributed by atoms with E-state index in [4.69, 9.17) is 5.11 Å². The summed E-state index contributed by atoms with van der Waals surface area (Å²) >= 11 is 1.69. The molecule has 3 N–H and O–H groups in total. The van der Waals surface area contributed by atoms with Crippen LogP contribution in [0.25, 0.3) is 0 Å². The van der Waals surface area contributed by atoms with E-state index < -0.39 is 0 Å². The van der Waals surface area contributed by atoms with Crippen LogP contribution in [0.5, 0.6) is 0 Å². The van der Waals surface area contributed by atoms with Crippen LogP contribution in [0.4, 0.5) is 4.79 Å². The molecule has 17 heavy (non-hydrogen) atoms. The first-order valence-electron chi connectivity index (χ1n) is 5.86. The number of aliphatic hydroxyl groups is 1. The maximum Gasteiger partial charge on any atom is 0.315 e. The maximum atomic E-state index is 11.5. The summed E-state index contributed by atoms with van der Waals surface area (Å²) < 4.78 is 0. The highest BCUT2D eigenvalue weighted by atomic mass is 32.1. The highest BCUT2D eigenvalue weighted by Gasteiger charge is 2.11. The van der Waals surface area contributed by atoms with E-state index in [0.717, 1.165) is 6.42 Å². The Morgan fingerprint density at radius 2 is 2.35 bits per heavy atom. The zero-order chi connectivity index (χ0) is 12.7. The van der Waals surface area contributed by atoms with E-state index in [1.807, 2.05) is 18.4 Å². The molecular weight excluding hydrogens is 236 g/mol. The van der Waals surface area contributed by atoms with Gasteiger partial charge in [-0.15, -0.1) is 11.3 Å². The number of hydrogen-bond acceptors (Lipinski definition) is 3. The second-order valence-corrected chi connectivity index (χ2v) is 5.04. The first kappa shape index (κ1) is 14.0. The van der Waals surface area contributed by atoms with Crippen LogP contribution in [0.15, 0.2) is 17.5 Å². The van der Waals surface area contributed by atoms with Crippen molar-refractivity contribution in [2.45, 2.75) is 32.2 Å². The SMILES string of the molecule is CC[C@@H](CO)NC(=O)NC[C@H](C)c1cccs1. The molecule has 2 amide bonds. The molecule has 0 saturated carbocycles. The Balaban J connectivity index is 2.28. The normalized spacial score (nSPS) is 14.1. The van der Waals surface area contributed by atoms with Crippen LogP contribution in [-0.4, -0.2) is 30.3 Å². The molecular formula is C12H20N2O2S. The first-order chi connectivity index (χ1) is 8.17. The molecule has 5 heteroatoms. The molecule has 0 fully saturated rings. The molecule has 1 rings (SSSR count). The Hall–Kier alpha value is -1.07. The summed E-state index contributed by atoms with van der Waals surface area (Å²) in [5.41, 5.74) is 0. The number of aliphatic hydroxyl groups excluding tert-OH is 1. The minimum atomic E-state index is -0.214. The quantitative estimate of drug-likeness (QED) is 0.728. The second kappa shape index (κ2) is 7.29. The van der Waals surface area contributed by atoms with Gasteiger partial charge in [0, 0.05) is 17.3 Å². The van der Waals surface area contributed by atoms with Gasteiger partial charge in [-0.05, 0) is 17.9 Å². The van der Waals surface area contributed by atoms with Crippen molar-refractivity contribution < 1.29 is 9.90 Å². The van der Waals surface area contributed by atoms with E-state index in [1.165, 1.54) is 4.88 Å². The predicted molar refractivity (Wildman–Crippen MR) is 70.4 cm³/mol. The maximum absolute atomic E-state index is 11.5. The first-order valence-corrected chi connectivity index (χ1v) is 6.74. The monoisotopic (exact) mass is 256 g/mol. The smallest absolute Gasteiger partial charge is 0.315 e. The van der Waals surface area contributed by atoms with Crippen LogP contribution in [0, 0.1) is 0 Å². The number of carbonyl (C=O) groups excluding carboxylic acids is 1. The molecule has 1 heterocycles. The van der Waals surface area contributed by atoms with E-state index in [1.54, 1.807) is 11.3 Å². The molecule has 0 radical (unpaired) electrons. The van der Waals surface area contributed by atoms with Gasteiger partial charge in [-0.25, -0.2) is 4.79 Å². The summed E-state index contributed by atoms with van der Waals surface area (Å²) in [6.45, 7) is 4.59. The van der Waals surface area contributed by atoms with Gasteiger partial charge >= 0.3 is 6.03 Å². The Labute approximate surface area is 106 Å². The van der Waals surface area contributed by atoms with Crippen LogP contribution in [0.1, 0.15) is 31.1 Å². The Kier molecular flexibility index (Phi) is 6.00. The standard InChI is InChI=1S/C12H20N2O2S/c1-3-10(8-15)14-12(16)13-7-9(2)11-5-4-6-17-11/h4-6,9-10,15H,3,7-8H2,1-2H3,(H2,13,14,16)/t9-,10-/m0/s1. The van der Waals surface area contributed by atoms with Gasteiger partial charge in [-0.3, -0.25) is 0 Å². The largest absolute Gasteiger partial charge is 0.394 e. The van der Waals surface area contributed by atoms with Crippen molar-refractivity contribution in [3.05, 3.63) is 22.4 Å². The Morgan fingerprint density at radius 1 is 1.59 bits per heavy atom. The lowest BCUT2D eigenvalue weighted by Crippen LogP contribution is -2.44. The number of urea groups is 1. The number of nitrogens with one attached hydrogen (secondary N) is 2. The molecule has 2 atom stereocenters. The average Bonchev–Trinajstić information content (AvgIpc) is 2.86. The van der Waals surface area contributed by atoms with Crippen LogP contribution < -0.4 is 10.6 Å². The predicted octanol–water partition coefficient (Wildman–Crippen LogP) is 1.92. The molecule has 0 bridgehead atoms. The summed E-state index contributed by atoms with van der Waals surface area (Å²) in [4.78, 5) is 12.8. The molecule has 1 aromatic heterocycles. The van der Waals surface area contributed by atoms with E-state index in [9.17, 15) is 4.79 Å². The molecule has 0 saturated heterocycles. The second-order valence-electron chi connectivity index (χ2n) is 4.06. The average molecular weight is 256 g/mol. The third-order valence-electron chi connectivity index (χ3n) is 2.65. The van der Waals surface area contributed by atoms with E-state index in [0.29, 0.717) is 12.5 Å². The molecule has 0 aliphatic rings. The third kappa shape index (κ3) is 4.75. The minimum Gasteiger partial charge on any atom is -0.394 e. The van der Waals surface area contributed by atoms with Crippen LogP contribution in [-0.2, 0) is 0 Å². The zero-order valence-electron chi connectivity index (χ0n) is 10.3. The van der Waals surface area contributed by atoms with Crippen molar-refractivity contribution in [3.8, 4) is 0 Å². The number of rotatable bonds is 6.